The quantitative estimate of drug-likeness (QED) is 0.729. The minimum absolute atomic E-state index is 0.0625. The van der Waals surface area contributed by atoms with Crippen LogP contribution in [0.4, 0.5) is 8.78 Å². The van der Waals surface area contributed by atoms with E-state index >= 15 is 0 Å². The summed E-state index contributed by atoms with van der Waals surface area (Å²) in [5, 5.41) is 8.93. The molecular formula is C7H8F2N2O. The number of aliphatic hydroxyl groups excluding tert-OH is 1. The Morgan fingerprint density at radius 2 is 1.92 bits per heavy atom. The summed E-state index contributed by atoms with van der Waals surface area (Å²) in [5.74, 6) is 0. The number of hydrogen-bond acceptors (Lipinski definition) is 3. The second-order valence-corrected chi connectivity index (χ2v) is 2.31. The summed E-state index contributed by atoms with van der Waals surface area (Å²) >= 11 is 0. The molecule has 1 unspecified atom stereocenters. The summed E-state index contributed by atoms with van der Waals surface area (Å²) in [4.78, 5) is 7.33. The average molecular weight is 174 g/mol. The third-order valence-electron chi connectivity index (χ3n) is 1.44. The Balaban J connectivity index is 2.94. The summed E-state index contributed by atoms with van der Waals surface area (Å²) in [6.45, 7) is 1.52. The molecule has 1 atom stereocenters. The fourth-order valence-corrected chi connectivity index (χ4v) is 0.828. The maximum Gasteiger partial charge on any atom is 0.269 e. The lowest BCUT2D eigenvalue weighted by Gasteiger charge is -2.09. The van der Waals surface area contributed by atoms with Crippen molar-refractivity contribution in [2.75, 3.05) is 0 Å². The van der Waals surface area contributed by atoms with E-state index in [4.69, 9.17) is 5.11 Å². The zero-order valence-corrected chi connectivity index (χ0v) is 6.41. The molecule has 0 aliphatic rings. The largest absolute Gasteiger partial charge is 0.381 e. The first-order valence-corrected chi connectivity index (χ1v) is 3.36. The number of halogens is 2. The van der Waals surface area contributed by atoms with E-state index < -0.39 is 12.5 Å². The van der Waals surface area contributed by atoms with E-state index in [9.17, 15) is 8.78 Å². The molecule has 0 spiro atoms. The molecule has 0 aliphatic heterocycles. The standard InChI is InChI=1S/C7H8F2N2O/c1-4-5(6(12)7(8)9)11-3-2-10-4/h2-3,6-7,12H,1H3. The maximum absolute atomic E-state index is 12.0. The van der Waals surface area contributed by atoms with Crippen molar-refractivity contribution in [1.82, 2.24) is 9.97 Å². The van der Waals surface area contributed by atoms with Gasteiger partial charge in [-0.2, -0.15) is 0 Å². The van der Waals surface area contributed by atoms with Crippen molar-refractivity contribution in [3.63, 3.8) is 0 Å². The van der Waals surface area contributed by atoms with E-state index in [-0.39, 0.29) is 5.69 Å². The van der Waals surface area contributed by atoms with E-state index in [0.717, 1.165) is 0 Å². The molecule has 12 heavy (non-hydrogen) atoms. The van der Waals surface area contributed by atoms with Gasteiger partial charge in [-0.15, -0.1) is 0 Å². The summed E-state index contributed by atoms with van der Waals surface area (Å²) in [6.07, 6.45) is -2.00. The number of aryl methyl sites for hydroxylation is 1. The van der Waals surface area contributed by atoms with Crippen LogP contribution < -0.4 is 0 Å². The molecule has 0 aromatic carbocycles. The van der Waals surface area contributed by atoms with Crippen molar-refractivity contribution in [2.45, 2.75) is 19.5 Å². The van der Waals surface area contributed by atoms with Gasteiger partial charge in [0.05, 0.1) is 11.4 Å². The van der Waals surface area contributed by atoms with Crippen LogP contribution in [0.2, 0.25) is 0 Å². The van der Waals surface area contributed by atoms with Gasteiger partial charge in [-0.25, -0.2) is 8.78 Å². The van der Waals surface area contributed by atoms with Crippen LogP contribution in [0.3, 0.4) is 0 Å². The fourth-order valence-electron chi connectivity index (χ4n) is 0.828. The number of aromatic nitrogens is 2. The predicted octanol–water partition coefficient (Wildman–Crippen LogP) is 1.08. The van der Waals surface area contributed by atoms with Gasteiger partial charge < -0.3 is 5.11 Å². The Bertz CT molecular complexity index is 267. The van der Waals surface area contributed by atoms with Crippen LogP contribution in [0.5, 0.6) is 0 Å². The molecule has 0 saturated carbocycles. The molecule has 1 aromatic heterocycles. The Hall–Kier alpha value is -1.10. The van der Waals surface area contributed by atoms with E-state index in [2.05, 4.69) is 9.97 Å². The smallest absolute Gasteiger partial charge is 0.269 e. The zero-order chi connectivity index (χ0) is 9.14. The Morgan fingerprint density at radius 1 is 1.33 bits per heavy atom. The molecule has 1 heterocycles. The minimum Gasteiger partial charge on any atom is -0.381 e. The average Bonchev–Trinajstić information content (AvgIpc) is 2.04. The van der Waals surface area contributed by atoms with E-state index in [1.54, 1.807) is 0 Å². The predicted molar refractivity (Wildman–Crippen MR) is 37.7 cm³/mol. The van der Waals surface area contributed by atoms with E-state index in [0.29, 0.717) is 5.69 Å². The van der Waals surface area contributed by atoms with E-state index in [1.807, 2.05) is 0 Å². The number of alkyl halides is 2. The molecule has 5 heteroatoms. The molecule has 0 amide bonds. The lowest BCUT2D eigenvalue weighted by atomic mass is 10.2. The molecule has 0 saturated heterocycles. The second kappa shape index (κ2) is 3.53. The van der Waals surface area contributed by atoms with Gasteiger partial charge in [-0.3, -0.25) is 9.97 Å². The lowest BCUT2D eigenvalue weighted by molar-refractivity contribution is -0.00883. The normalized spacial score (nSPS) is 13.4. The first kappa shape index (κ1) is 8.99. The van der Waals surface area contributed by atoms with Crippen molar-refractivity contribution in [1.29, 1.82) is 0 Å². The second-order valence-electron chi connectivity index (χ2n) is 2.31. The van der Waals surface area contributed by atoms with Gasteiger partial charge in [0.15, 0.2) is 6.10 Å². The molecule has 1 N–H and O–H groups in total. The van der Waals surface area contributed by atoms with Crippen LogP contribution in [0.15, 0.2) is 12.4 Å². The number of rotatable bonds is 2. The highest BCUT2D eigenvalue weighted by atomic mass is 19.3. The van der Waals surface area contributed by atoms with Crippen LogP contribution >= 0.6 is 0 Å². The van der Waals surface area contributed by atoms with Crippen molar-refractivity contribution in [3.05, 3.63) is 23.8 Å². The first-order chi connectivity index (χ1) is 5.63. The summed E-state index contributed by atoms with van der Waals surface area (Å²) < 4.78 is 24.0. The van der Waals surface area contributed by atoms with E-state index in [1.165, 1.54) is 19.3 Å². The van der Waals surface area contributed by atoms with Gasteiger partial charge in [0, 0.05) is 12.4 Å². The van der Waals surface area contributed by atoms with Crippen molar-refractivity contribution in [3.8, 4) is 0 Å². The van der Waals surface area contributed by atoms with Crippen LogP contribution in [-0.2, 0) is 0 Å². The SMILES string of the molecule is Cc1nccnc1C(O)C(F)F. The van der Waals surface area contributed by atoms with Crippen LogP contribution in [-0.4, -0.2) is 21.5 Å². The fraction of sp³-hybridized carbons (Fsp3) is 0.429. The molecule has 0 bridgehead atoms. The molecule has 3 nitrogen and oxygen atoms in total. The third-order valence-corrected chi connectivity index (χ3v) is 1.44. The summed E-state index contributed by atoms with van der Waals surface area (Å²) in [7, 11) is 0. The maximum atomic E-state index is 12.0. The third kappa shape index (κ3) is 1.73. The number of aliphatic hydroxyl groups is 1. The Labute approximate surface area is 68.1 Å². The van der Waals surface area contributed by atoms with Gasteiger partial charge in [0.25, 0.3) is 6.43 Å². The van der Waals surface area contributed by atoms with Crippen LogP contribution in [0.1, 0.15) is 17.5 Å². The minimum atomic E-state index is -2.82. The molecule has 1 aromatic rings. The number of nitrogens with zero attached hydrogens (tertiary/aromatic N) is 2. The van der Waals surface area contributed by atoms with Gasteiger partial charge in [-0.1, -0.05) is 0 Å². The molecule has 1 rings (SSSR count). The topological polar surface area (TPSA) is 46.0 Å². The summed E-state index contributed by atoms with van der Waals surface area (Å²) in [6, 6.07) is 0. The lowest BCUT2D eigenvalue weighted by Crippen LogP contribution is -2.12. The molecule has 0 radical (unpaired) electrons. The number of hydrogen-bond donors (Lipinski definition) is 1. The molecular weight excluding hydrogens is 166 g/mol. The summed E-state index contributed by atoms with van der Waals surface area (Å²) in [5.41, 5.74) is 0.262. The van der Waals surface area contributed by atoms with Gasteiger partial charge in [0.1, 0.15) is 0 Å². The monoisotopic (exact) mass is 174 g/mol. The molecule has 0 fully saturated rings. The van der Waals surface area contributed by atoms with Crippen molar-refractivity contribution >= 4 is 0 Å². The van der Waals surface area contributed by atoms with Crippen LogP contribution in [0, 0.1) is 6.92 Å². The molecule has 0 aliphatic carbocycles. The molecule has 66 valence electrons. The Kier molecular flexibility index (Phi) is 2.65. The first-order valence-electron chi connectivity index (χ1n) is 3.36. The van der Waals surface area contributed by atoms with Crippen molar-refractivity contribution in [2.24, 2.45) is 0 Å². The Morgan fingerprint density at radius 3 is 2.42 bits per heavy atom. The van der Waals surface area contributed by atoms with Crippen LogP contribution in [0.25, 0.3) is 0 Å². The van der Waals surface area contributed by atoms with Crippen molar-refractivity contribution < 1.29 is 13.9 Å². The van der Waals surface area contributed by atoms with Gasteiger partial charge in [-0.05, 0) is 6.92 Å². The highest BCUT2D eigenvalue weighted by Gasteiger charge is 2.22. The van der Waals surface area contributed by atoms with Gasteiger partial charge in [0.2, 0.25) is 0 Å². The zero-order valence-electron chi connectivity index (χ0n) is 6.41. The van der Waals surface area contributed by atoms with Gasteiger partial charge >= 0.3 is 0 Å². The highest BCUT2D eigenvalue weighted by Crippen LogP contribution is 2.19. The highest BCUT2D eigenvalue weighted by molar-refractivity contribution is 5.11.